The molecule has 3 heteroatoms. The molecule has 1 rings (SSSR count). The second-order valence-electron chi connectivity index (χ2n) is 4.75. The van der Waals surface area contributed by atoms with Crippen LogP contribution >= 0.6 is 11.8 Å². The van der Waals surface area contributed by atoms with Gasteiger partial charge in [0.25, 0.3) is 0 Å². The molecule has 2 nitrogen and oxygen atoms in total. The van der Waals surface area contributed by atoms with Crippen molar-refractivity contribution in [1.29, 1.82) is 5.26 Å². The molecule has 2 atom stereocenters. The molecule has 0 heterocycles. The fraction of sp³-hybridized carbons (Fsp3) is 0.562. The average Bonchev–Trinajstić information content (AvgIpc) is 2.45. The van der Waals surface area contributed by atoms with Gasteiger partial charge in [-0.2, -0.15) is 5.26 Å². The van der Waals surface area contributed by atoms with Crippen molar-refractivity contribution in [2.24, 2.45) is 0 Å². The average molecular weight is 277 g/mol. The maximum absolute atomic E-state index is 10.1. The zero-order valence-corrected chi connectivity index (χ0v) is 12.4. The second-order valence-corrected chi connectivity index (χ2v) is 5.97. The van der Waals surface area contributed by atoms with Crippen molar-refractivity contribution in [3.05, 3.63) is 30.3 Å². The van der Waals surface area contributed by atoms with E-state index in [9.17, 15) is 5.11 Å². The van der Waals surface area contributed by atoms with Gasteiger partial charge in [0.15, 0.2) is 0 Å². The van der Waals surface area contributed by atoms with Gasteiger partial charge in [-0.1, -0.05) is 57.2 Å². The molecule has 0 saturated carbocycles. The molecule has 0 amide bonds. The van der Waals surface area contributed by atoms with E-state index in [2.05, 4.69) is 13.0 Å². The lowest BCUT2D eigenvalue weighted by Crippen LogP contribution is -2.21. The molecule has 0 radical (unpaired) electrons. The minimum absolute atomic E-state index is 0.367. The van der Waals surface area contributed by atoms with Crippen LogP contribution in [0.3, 0.4) is 0 Å². The second kappa shape index (κ2) is 9.89. The third-order valence-electron chi connectivity index (χ3n) is 3.09. The van der Waals surface area contributed by atoms with Crippen molar-refractivity contribution < 1.29 is 5.11 Å². The van der Waals surface area contributed by atoms with Crippen LogP contribution in [0.4, 0.5) is 0 Å². The van der Waals surface area contributed by atoms with Crippen molar-refractivity contribution in [2.45, 2.75) is 61.7 Å². The lowest BCUT2D eigenvalue weighted by atomic mass is 10.1. The maximum atomic E-state index is 10.1. The van der Waals surface area contributed by atoms with Gasteiger partial charge in [-0.3, -0.25) is 0 Å². The summed E-state index contributed by atoms with van der Waals surface area (Å²) in [5.74, 6) is 0. The number of unbranched alkanes of at least 4 members (excludes halogenated alkanes) is 4. The highest BCUT2D eigenvalue weighted by Crippen LogP contribution is 2.26. The zero-order valence-electron chi connectivity index (χ0n) is 11.6. The third kappa shape index (κ3) is 6.66. The SMILES string of the molecule is CCCCCCCC(O)C(C#N)Sc1ccccc1. The Labute approximate surface area is 120 Å². The van der Waals surface area contributed by atoms with Crippen molar-refractivity contribution in [1.82, 2.24) is 0 Å². The fourth-order valence-corrected chi connectivity index (χ4v) is 2.90. The molecule has 0 fully saturated rings. The Morgan fingerprint density at radius 1 is 1.16 bits per heavy atom. The molecule has 0 saturated heterocycles. The molecule has 0 aliphatic heterocycles. The van der Waals surface area contributed by atoms with E-state index in [0.29, 0.717) is 0 Å². The van der Waals surface area contributed by atoms with Crippen LogP contribution in [0, 0.1) is 11.3 Å². The summed E-state index contributed by atoms with van der Waals surface area (Å²) in [5, 5.41) is 18.9. The summed E-state index contributed by atoms with van der Waals surface area (Å²) in [6.07, 6.45) is 6.07. The fourth-order valence-electron chi connectivity index (χ4n) is 1.95. The van der Waals surface area contributed by atoms with Gasteiger partial charge in [-0.05, 0) is 18.6 Å². The number of nitrogens with zero attached hydrogens (tertiary/aromatic N) is 1. The van der Waals surface area contributed by atoms with E-state index in [4.69, 9.17) is 5.26 Å². The van der Waals surface area contributed by atoms with E-state index >= 15 is 0 Å². The van der Waals surface area contributed by atoms with Gasteiger partial charge in [0.05, 0.1) is 12.2 Å². The summed E-state index contributed by atoms with van der Waals surface area (Å²) < 4.78 is 0. The van der Waals surface area contributed by atoms with E-state index in [1.54, 1.807) is 0 Å². The van der Waals surface area contributed by atoms with Crippen molar-refractivity contribution in [2.75, 3.05) is 0 Å². The molecule has 0 spiro atoms. The van der Waals surface area contributed by atoms with Gasteiger partial charge < -0.3 is 5.11 Å². The quantitative estimate of drug-likeness (QED) is 0.537. The smallest absolute Gasteiger partial charge is 0.122 e. The van der Waals surface area contributed by atoms with E-state index < -0.39 is 6.10 Å². The molecule has 0 aromatic heterocycles. The third-order valence-corrected chi connectivity index (χ3v) is 4.30. The number of aliphatic hydroxyl groups excluding tert-OH is 1. The van der Waals surface area contributed by atoms with Gasteiger partial charge in [-0.15, -0.1) is 11.8 Å². The maximum Gasteiger partial charge on any atom is 0.122 e. The van der Waals surface area contributed by atoms with Crippen LogP contribution in [0.2, 0.25) is 0 Å². The highest BCUT2D eigenvalue weighted by molar-refractivity contribution is 8.00. The number of rotatable bonds is 9. The highest BCUT2D eigenvalue weighted by atomic mass is 32.2. The Kier molecular flexibility index (Phi) is 8.36. The number of nitriles is 1. The molecule has 0 bridgehead atoms. The van der Waals surface area contributed by atoms with Crippen LogP contribution in [0.1, 0.15) is 45.4 Å². The topological polar surface area (TPSA) is 44.0 Å². The first kappa shape index (κ1) is 16.1. The molecular formula is C16H23NOS. The lowest BCUT2D eigenvalue weighted by molar-refractivity contribution is 0.170. The summed E-state index contributed by atoms with van der Waals surface area (Å²) in [4.78, 5) is 1.04. The minimum Gasteiger partial charge on any atom is -0.391 e. The van der Waals surface area contributed by atoms with Gasteiger partial charge in [0.1, 0.15) is 5.25 Å². The first-order valence-corrected chi connectivity index (χ1v) is 7.95. The van der Waals surface area contributed by atoms with Crippen LogP contribution in [0.5, 0.6) is 0 Å². The van der Waals surface area contributed by atoms with Gasteiger partial charge in [-0.25, -0.2) is 0 Å². The van der Waals surface area contributed by atoms with Crippen LogP contribution in [-0.2, 0) is 0 Å². The van der Waals surface area contributed by atoms with E-state index in [0.717, 1.165) is 24.2 Å². The first-order valence-electron chi connectivity index (χ1n) is 7.07. The van der Waals surface area contributed by atoms with Gasteiger partial charge in [0, 0.05) is 4.90 Å². The van der Waals surface area contributed by atoms with Crippen molar-refractivity contribution >= 4 is 11.8 Å². The molecular weight excluding hydrogens is 254 g/mol. The molecule has 0 aliphatic rings. The highest BCUT2D eigenvalue weighted by Gasteiger charge is 2.19. The summed E-state index contributed by atoms with van der Waals surface area (Å²) in [6.45, 7) is 2.19. The zero-order chi connectivity index (χ0) is 13.9. The Morgan fingerprint density at radius 3 is 2.47 bits per heavy atom. The normalized spacial score (nSPS) is 13.7. The van der Waals surface area contributed by atoms with E-state index in [1.807, 2.05) is 30.3 Å². The Morgan fingerprint density at radius 2 is 1.84 bits per heavy atom. The van der Waals surface area contributed by atoms with Crippen LogP contribution in [0.25, 0.3) is 0 Å². The summed E-state index contributed by atoms with van der Waals surface area (Å²) in [5.41, 5.74) is 0. The summed E-state index contributed by atoms with van der Waals surface area (Å²) in [6, 6.07) is 12.0. The molecule has 19 heavy (non-hydrogen) atoms. The number of benzene rings is 1. The minimum atomic E-state index is -0.531. The number of hydrogen-bond donors (Lipinski definition) is 1. The van der Waals surface area contributed by atoms with Gasteiger partial charge in [0.2, 0.25) is 0 Å². The lowest BCUT2D eigenvalue weighted by Gasteiger charge is -2.16. The van der Waals surface area contributed by atoms with Crippen LogP contribution < -0.4 is 0 Å². The van der Waals surface area contributed by atoms with Crippen molar-refractivity contribution in [3.8, 4) is 6.07 Å². The molecule has 1 N–H and O–H groups in total. The summed E-state index contributed by atoms with van der Waals surface area (Å²) in [7, 11) is 0. The monoisotopic (exact) mass is 277 g/mol. The first-order chi connectivity index (χ1) is 9.27. The largest absolute Gasteiger partial charge is 0.391 e. The predicted octanol–water partition coefficient (Wildman–Crippen LogP) is 4.39. The van der Waals surface area contributed by atoms with E-state index in [-0.39, 0.29) is 5.25 Å². The van der Waals surface area contributed by atoms with E-state index in [1.165, 1.54) is 31.0 Å². The number of thioether (sulfide) groups is 1. The summed E-state index contributed by atoms with van der Waals surface area (Å²) >= 11 is 1.45. The Bertz CT molecular complexity index is 374. The molecule has 1 aromatic rings. The molecule has 0 aliphatic carbocycles. The number of hydrogen-bond acceptors (Lipinski definition) is 3. The molecule has 1 aromatic carbocycles. The molecule has 2 unspecified atom stereocenters. The number of aliphatic hydroxyl groups is 1. The van der Waals surface area contributed by atoms with Crippen LogP contribution in [0.15, 0.2) is 35.2 Å². The predicted molar refractivity (Wildman–Crippen MR) is 81.1 cm³/mol. The standard InChI is InChI=1S/C16H23NOS/c1-2-3-4-5-9-12-15(18)16(13-17)19-14-10-7-6-8-11-14/h6-8,10-11,15-16,18H,2-5,9,12H2,1H3. The van der Waals surface area contributed by atoms with Crippen LogP contribution in [-0.4, -0.2) is 16.5 Å². The van der Waals surface area contributed by atoms with Gasteiger partial charge >= 0.3 is 0 Å². The Balaban J connectivity index is 2.32. The van der Waals surface area contributed by atoms with Crippen molar-refractivity contribution in [3.63, 3.8) is 0 Å². The Hall–Kier alpha value is -0.980. The molecule has 104 valence electrons.